The van der Waals surface area contributed by atoms with Crippen molar-refractivity contribution < 1.29 is 30.2 Å². The first-order valence-corrected chi connectivity index (χ1v) is 21.2. The fraction of sp³-hybridized carbons (Fsp3) is 0.143. The predicted octanol–water partition coefficient (Wildman–Crippen LogP) is 15.1. The molecule has 0 spiro atoms. The number of furan rings is 1. The van der Waals surface area contributed by atoms with Gasteiger partial charge in [0.25, 0.3) is 0 Å². The van der Waals surface area contributed by atoms with Crippen LogP contribution < -0.4 is 14.5 Å². The van der Waals surface area contributed by atoms with E-state index in [0.717, 1.165) is 83.4 Å². The summed E-state index contributed by atoms with van der Waals surface area (Å²) in [5, 5.41) is 4.44. The molecule has 0 saturated carbocycles. The van der Waals surface area contributed by atoms with Crippen LogP contribution in [0.3, 0.4) is 0 Å². The number of pyridine rings is 1. The van der Waals surface area contributed by atoms with E-state index >= 15 is 0 Å². The van der Waals surface area contributed by atoms with Crippen molar-refractivity contribution in [1.82, 2.24) is 9.55 Å². The molecule has 0 N–H and O–H groups in total. The molecule has 7 heteroatoms. The van der Waals surface area contributed by atoms with Gasteiger partial charge in [0.05, 0.1) is 0 Å². The van der Waals surface area contributed by atoms with Gasteiger partial charge in [0, 0.05) is 77.7 Å². The zero-order chi connectivity index (χ0) is 42.3. The second-order valence-corrected chi connectivity index (χ2v) is 18.2. The number of aromatic nitrogens is 2. The van der Waals surface area contributed by atoms with Gasteiger partial charge in [-0.15, -0.1) is 48.1 Å². The third-order valence-electron chi connectivity index (χ3n) is 12.1. The Balaban J connectivity index is 0.00000471. The topological polar surface area (TPSA) is 46.7 Å². The molecule has 0 aliphatic carbocycles. The second-order valence-electron chi connectivity index (χ2n) is 18.2. The number of anilines is 4. The molecule has 3 aromatic heterocycles. The van der Waals surface area contributed by atoms with Gasteiger partial charge < -0.3 is 23.5 Å². The molecule has 0 saturated heterocycles. The first-order valence-electron chi connectivity index (χ1n) is 21.2. The van der Waals surface area contributed by atoms with Crippen LogP contribution in [0.1, 0.15) is 52.7 Å². The van der Waals surface area contributed by atoms with Crippen LogP contribution in [-0.4, -0.2) is 9.55 Å². The molecule has 1 aliphatic rings. The van der Waals surface area contributed by atoms with Crippen molar-refractivity contribution in [2.24, 2.45) is 0 Å². The summed E-state index contributed by atoms with van der Waals surface area (Å²) in [5.74, 6) is 2.04. The number of benzene rings is 7. The Morgan fingerprint density at radius 1 is 0.556 bits per heavy atom. The molecule has 10 aromatic rings. The maximum absolute atomic E-state index is 6.64. The maximum atomic E-state index is 6.64. The Bertz CT molecular complexity index is 3370. The van der Waals surface area contributed by atoms with Crippen molar-refractivity contribution in [3.63, 3.8) is 0 Å². The first-order chi connectivity index (χ1) is 30.0. The van der Waals surface area contributed by atoms with E-state index < -0.39 is 0 Å². The summed E-state index contributed by atoms with van der Waals surface area (Å²) in [5.41, 5.74) is 12.4. The summed E-state index contributed by atoms with van der Waals surface area (Å²) in [6.45, 7) is 15.6. The number of fused-ring (bicyclic) bond motifs is 7. The van der Waals surface area contributed by atoms with Crippen LogP contribution in [0.4, 0.5) is 22.7 Å². The molecule has 11 rings (SSSR count). The van der Waals surface area contributed by atoms with Crippen LogP contribution >= 0.6 is 0 Å². The fourth-order valence-corrected chi connectivity index (χ4v) is 8.85. The molecule has 0 atom stereocenters. The van der Waals surface area contributed by atoms with Gasteiger partial charge in [0.1, 0.15) is 17.0 Å². The van der Waals surface area contributed by atoms with Gasteiger partial charge in [-0.2, -0.15) is 12.1 Å². The van der Waals surface area contributed by atoms with Crippen LogP contribution in [0.15, 0.2) is 162 Å². The summed E-state index contributed by atoms with van der Waals surface area (Å²) >= 11 is 0. The summed E-state index contributed by atoms with van der Waals surface area (Å²) in [6.07, 6.45) is 1.90. The van der Waals surface area contributed by atoms with Crippen molar-refractivity contribution in [2.45, 2.75) is 52.4 Å². The first kappa shape index (κ1) is 40.5. The van der Waals surface area contributed by atoms with Gasteiger partial charge in [-0.05, 0) is 81.4 Å². The standard InChI is InChI=1S/C56H45N4O2.Pt/c1-55(2,3)36-25-27-43(44-19-14-24-52-54(44)45-18-8-12-23-51(45)62-52)49(31-36)59-35-58(47-21-10-11-22-48(47)59)38-15-13-16-39(33-38)61-40-26-28-42-41-17-7-9-20-46(41)60(50(42)34-40)53-32-37(29-30-57-53)56(4,5)6;/h7-32,35H,1-6H3;/q-3;. The third-order valence-corrected chi connectivity index (χ3v) is 12.1. The van der Waals surface area contributed by atoms with Crippen molar-refractivity contribution in [3.05, 3.63) is 188 Å². The van der Waals surface area contributed by atoms with Gasteiger partial charge in [-0.25, -0.2) is 4.98 Å². The maximum Gasteiger partial charge on any atom is 0.136 e. The smallest absolute Gasteiger partial charge is 0.136 e. The zero-order valence-electron chi connectivity index (χ0n) is 36.0. The predicted molar refractivity (Wildman–Crippen MR) is 254 cm³/mol. The molecule has 0 radical (unpaired) electrons. The van der Waals surface area contributed by atoms with Gasteiger partial charge in [-0.3, -0.25) is 0 Å². The number of hydrogen-bond acceptors (Lipinski definition) is 5. The molecular formula is C56H45N4O2Pt-3. The number of para-hydroxylation sites is 4. The van der Waals surface area contributed by atoms with Gasteiger partial charge >= 0.3 is 0 Å². The molecule has 0 unspecified atom stereocenters. The average molecular weight is 1000 g/mol. The van der Waals surface area contributed by atoms with E-state index in [1.165, 1.54) is 11.1 Å². The monoisotopic (exact) mass is 1000 g/mol. The van der Waals surface area contributed by atoms with Crippen LogP contribution in [-0.2, 0) is 31.9 Å². The number of ether oxygens (including phenoxy) is 1. The SMILES string of the molecule is CC(C)(C)c1ccnc(-n2c3[c-]c(Oc4[c-]c(N5[CH-]N(c6cc(C(C)(C)C)ccc6-c6cccc7oc8ccccc8c67)c6ccccc65)ccc4)ccc3c3ccccc32)c1.[Pt]. The van der Waals surface area contributed by atoms with E-state index in [-0.39, 0.29) is 31.9 Å². The molecule has 1 aliphatic heterocycles. The van der Waals surface area contributed by atoms with E-state index in [9.17, 15) is 0 Å². The van der Waals surface area contributed by atoms with Crippen molar-refractivity contribution in [1.29, 1.82) is 0 Å². The zero-order valence-corrected chi connectivity index (χ0v) is 38.3. The van der Waals surface area contributed by atoms with Gasteiger partial charge in [0.15, 0.2) is 0 Å². The van der Waals surface area contributed by atoms with Crippen molar-refractivity contribution >= 4 is 66.5 Å². The minimum atomic E-state index is -0.0681. The second kappa shape index (κ2) is 15.3. The van der Waals surface area contributed by atoms with Gasteiger partial charge in [-0.1, -0.05) is 120 Å². The minimum Gasteiger partial charge on any atom is -0.509 e. The van der Waals surface area contributed by atoms with Crippen LogP contribution in [0.25, 0.3) is 60.7 Å². The molecular weight excluding hydrogens is 956 g/mol. The molecule has 4 heterocycles. The summed E-state index contributed by atoms with van der Waals surface area (Å²) in [4.78, 5) is 9.36. The molecule has 314 valence electrons. The summed E-state index contributed by atoms with van der Waals surface area (Å²) in [6, 6.07) is 60.2. The summed E-state index contributed by atoms with van der Waals surface area (Å²) < 4.78 is 15.2. The van der Waals surface area contributed by atoms with E-state index in [1.54, 1.807) is 0 Å². The quantitative estimate of drug-likeness (QED) is 0.155. The van der Waals surface area contributed by atoms with Crippen LogP contribution in [0.2, 0.25) is 0 Å². The van der Waals surface area contributed by atoms with Crippen molar-refractivity contribution in [3.8, 4) is 28.4 Å². The Labute approximate surface area is 382 Å². The number of rotatable bonds is 6. The molecule has 6 nitrogen and oxygen atoms in total. The van der Waals surface area contributed by atoms with Crippen LogP contribution in [0.5, 0.6) is 11.5 Å². The summed E-state index contributed by atoms with van der Waals surface area (Å²) in [7, 11) is 0. The average Bonchev–Trinajstić information content (AvgIpc) is 3.96. The minimum absolute atomic E-state index is 0. The van der Waals surface area contributed by atoms with E-state index in [1.807, 2.05) is 36.5 Å². The Morgan fingerprint density at radius 2 is 1.24 bits per heavy atom. The molecule has 7 aromatic carbocycles. The number of nitrogens with zero attached hydrogens (tertiary/aromatic N) is 4. The number of hydrogen-bond donors (Lipinski definition) is 0. The van der Waals surface area contributed by atoms with Crippen LogP contribution in [0, 0.1) is 18.8 Å². The van der Waals surface area contributed by atoms with E-state index in [0.29, 0.717) is 11.5 Å². The third kappa shape index (κ3) is 6.98. The fourth-order valence-electron chi connectivity index (χ4n) is 8.85. The molecule has 0 bridgehead atoms. The normalized spacial score (nSPS) is 13.0. The Hall–Kier alpha value is -6.62. The van der Waals surface area contributed by atoms with Gasteiger partial charge in [0.2, 0.25) is 0 Å². The molecule has 63 heavy (non-hydrogen) atoms. The Kier molecular flexibility index (Phi) is 9.84. The molecule has 0 fully saturated rings. The molecule has 0 amide bonds. The van der Waals surface area contributed by atoms with Crippen molar-refractivity contribution in [2.75, 3.05) is 9.80 Å². The Morgan fingerprint density at radius 3 is 2.05 bits per heavy atom. The van der Waals surface area contributed by atoms with E-state index in [4.69, 9.17) is 14.1 Å². The largest absolute Gasteiger partial charge is 0.509 e. The van der Waals surface area contributed by atoms with E-state index in [2.05, 4.69) is 196 Å².